The standard InChI is InChI=1S/C12H14N4OS/c1-8-5-15-11(18-8)7-16-12(17)9-6-14-4-3-10(9)13-2/h3-6H,7H2,1-2H3,(H,13,14)(H,16,17). The number of carbonyl (C=O) groups is 1. The van der Waals surface area contributed by atoms with Crippen LogP contribution in [-0.4, -0.2) is 22.9 Å². The van der Waals surface area contributed by atoms with Crippen LogP contribution in [0.4, 0.5) is 5.69 Å². The molecule has 2 aromatic heterocycles. The number of carbonyl (C=O) groups excluding carboxylic acids is 1. The van der Waals surface area contributed by atoms with Crippen molar-refractivity contribution >= 4 is 22.9 Å². The highest BCUT2D eigenvalue weighted by Crippen LogP contribution is 2.14. The Morgan fingerprint density at radius 3 is 2.94 bits per heavy atom. The van der Waals surface area contributed by atoms with Crippen LogP contribution in [0.2, 0.25) is 0 Å². The topological polar surface area (TPSA) is 66.9 Å². The Morgan fingerprint density at radius 1 is 1.44 bits per heavy atom. The molecule has 2 rings (SSSR count). The minimum atomic E-state index is -0.152. The Bertz CT molecular complexity index is 553. The minimum Gasteiger partial charge on any atom is -0.387 e. The number of amides is 1. The van der Waals surface area contributed by atoms with Crippen molar-refractivity contribution in [2.24, 2.45) is 0 Å². The SMILES string of the molecule is CNc1ccncc1C(=O)NCc1ncc(C)s1. The van der Waals surface area contributed by atoms with E-state index in [2.05, 4.69) is 20.6 Å². The van der Waals surface area contributed by atoms with Crippen LogP contribution >= 0.6 is 11.3 Å². The Hall–Kier alpha value is -1.95. The van der Waals surface area contributed by atoms with E-state index in [0.29, 0.717) is 12.1 Å². The zero-order valence-electron chi connectivity index (χ0n) is 10.2. The lowest BCUT2D eigenvalue weighted by Crippen LogP contribution is -2.23. The minimum absolute atomic E-state index is 0.152. The van der Waals surface area contributed by atoms with Gasteiger partial charge in [-0.1, -0.05) is 0 Å². The number of rotatable bonds is 4. The molecule has 2 heterocycles. The van der Waals surface area contributed by atoms with E-state index in [-0.39, 0.29) is 5.91 Å². The van der Waals surface area contributed by atoms with Gasteiger partial charge < -0.3 is 10.6 Å². The molecule has 0 bridgehead atoms. The quantitative estimate of drug-likeness (QED) is 0.882. The summed E-state index contributed by atoms with van der Waals surface area (Å²) in [7, 11) is 1.77. The number of nitrogens with zero attached hydrogens (tertiary/aromatic N) is 2. The summed E-state index contributed by atoms with van der Waals surface area (Å²) >= 11 is 1.58. The Morgan fingerprint density at radius 2 is 2.28 bits per heavy atom. The van der Waals surface area contributed by atoms with Crippen LogP contribution in [0.15, 0.2) is 24.7 Å². The molecule has 5 nitrogen and oxygen atoms in total. The summed E-state index contributed by atoms with van der Waals surface area (Å²) in [5.41, 5.74) is 1.30. The van der Waals surface area contributed by atoms with Crippen LogP contribution < -0.4 is 10.6 Å². The molecule has 0 aliphatic rings. The number of aromatic nitrogens is 2. The molecule has 0 radical (unpaired) electrons. The molecular formula is C12H14N4OS. The maximum absolute atomic E-state index is 12.0. The molecule has 6 heteroatoms. The van der Waals surface area contributed by atoms with E-state index in [1.807, 2.05) is 6.92 Å². The van der Waals surface area contributed by atoms with Gasteiger partial charge in [-0.25, -0.2) is 4.98 Å². The summed E-state index contributed by atoms with van der Waals surface area (Å²) < 4.78 is 0. The van der Waals surface area contributed by atoms with Gasteiger partial charge in [0, 0.05) is 36.2 Å². The second-order valence-corrected chi connectivity index (χ2v) is 5.04. The molecule has 94 valence electrons. The molecule has 0 saturated heterocycles. The summed E-state index contributed by atoms with van der Waals surface area (Å²) in [6.45, 7) is 2.43. The van der Waals surface area contributed by atoms with Gasteiger partial charge in [0.1, 0.15) is 5.01 Å². The monoisotopic (exact) mass is 262 g/mol. The van der Waals surface area contributed by atoms with E-state index in [9.17, 15) is 4.79 Å². The van der Waals surface area contributed by atoms with Crippen molar-refractivity contribution in [1.29, 1.82) is 0 Å². The van der Waals surface area contributed by atoms with Gasteiger partial charge in [0.05, 0.1) is 12.1 Å². The lowest BCUT2D eigenvalue weighted by atomic mass is 10.2. The van der Waals surface area contributed by atoms with E-state index in [1.165, 1.54) is 0 Å². The maximum Gasteiger partial charge on any atom is 0.255 e. The molecule has 0 saturated carbocycles. The first-order valence-corrected chi connectivity index (χ1v) is 6.33. The van der Waals surface area contributed by atoms with Gasteiger partial charge in [-0.3, -0.25) is 9.78 Å². The van der Waals surface area contributed by atoms with Crippen LogP contribution in [0, 0.1) is 6.92 Å². The van der Waals surface area contributed by atoms with Crippen molar-refractivity contribution in [3.05, 3.63) is 40.1 Å². The van der Waals surface area contributed by atoms with E-state index in [1.54, 1.807) is 43.0 Å². The number of nitrogens with one attached hydrogen (secondary N) is 2. The Kier molecular flexibility index (Phi) is 3.88. The molecule has 1 amide bonds. The van der Waals surface area contributed by atoms with Crippen LogP contribution in [0.25, 0.3) is 0 Å². The fourth-order valence-electron chi connectivity index (χ4n) is 1.53. The highest BCUT2D eigenvalue weighted by Gasteiger charge is 2.10. The first-order chi connectivity index (χ1) is 8.70. The van der Waals surface area contributed by atoms with Crippen molar-refractivity contribution in [3.8, 4) is 0 Å². The lowest BCUT2D eigenvalue weighted by molar-refractivity contribution is 0.0951. The molecule has 0 unspecified atom stereocenters. The summed E-state index contributed by atoms with van der Waals surface area (Å²) in [6, 6.07) is 1.77. The number of hydrogen-bond donors (Lipinski definition) is 2. The predicted octanol–water partition coefficient (Wildman–Crippen LogP) is 1.82. The molecule has 2 N–H and O–H groups in total. The van der Waals surface area contributed by atoms with Crippen molar-refractivity contribution in [1.82, 2.24) is 15.3 Å². The molecule has 2 aromatic rings. The van der Waals surface area contributed by atoms with Crippen LogP contribution in [0.1, 0.15) is 20.2 Å². The van der Waals surface area contributed by atoms with Crippen molar-refractivity contribution in [2.45, 2.75) is 13.5 Å². The number of pyridine rings is 1. The molecule has 0 fully saturated rings. The zero-order chi connectivity index (χ0) is 13.0. The average molecular weight is 262 g/mol. The van der Waals surface area contributed by atoms with E-state index in [0.717, 1.165) is 15.6 Å². The Labute approximate surface area is 109 Å². The van der Waals surface area contributed by atoms with Gasteiger partial charge in [-0.15, -0.1) is 11.3 Å². The number of anilines is 1. The average Bonchev–Trinajstić information content (AvgIpc) is 2.81. The largest absolute Gasteiger partial charge is 0.387 e. The summed E-state index contributed by atoms with van der Waals surface area (Å²) in [5, 5.41) is 6.70. The Balaban J connectivity index is 2.03. The van der Waals surface area contributed by atoms with Gasteiger partial charge in [0.15, 0.2) is 0 Å². The fraction of sp³-hybridized carbons (Fsp3) is 0.250. The highest BCUT2D eigenvalue weighted by atomic mass is 32.1. The molecule has 0 aliphatic carbocycles. The van der Waals surface area contributed by atoms with E-state index >= 15 is 0 Å². The zero-order valence-corrected chi connectivity index (χ0v) is 11.0. The van der Waals surface area contributed by atoms with Crippen molar-refractivity contribution in [3.63, 3.8) is 0 Å². The van der Waals surface area contributed by atoms with Gasteiger partial charge in [0.2, 0.25) is 0 Å². The third kappa shape index (κ3) is 2.84. The summed E-state index contributed by atoms with van der Waals surface area (Å²) in [4.78, 5) is 21.3. The highest BCUT2D eigenvalue weighted by molar-refractivity contribution is 7.11. The van der Waals surface area contributed by atoms with Gasteiger partial charge in [-0.2, -0.15) is 0 Å². The number of thiazole rings is 1. The molecular weight excluding hydrogens is 248 g/mol. The number of hydrogen-bond acceptors (Lipinski definition) is 5. The van der Waals surface area contributed by atoms with Crippen LogP contribution in [0.5, 0.6) is 0 Å². The second kappa shape index (κ2) is 5.59. The van der Waals surface area contributed by atoms with E-state index < -0.39 is 0 Å². The molecule has 0 spiro atoms. The van der Waals surface area contributed by atoms with Crippen LogP contribution in [0.3, 0.4) is 0 Å². The fourth-order valence-corrected chi connectivity index (χ4v) is 2.25. The lowest BCUT2D eigenvalue weighted by Gasteiger charge is -2.07. The second-order valence-electron chi connectivity index (χ2n) is 3.72. The molecule has 0 atom stereocenters. The molecule has 0 aliphatic heterocycles. The first-order valence-electron chi connectivity index (χ1n) is 5.52. The van der Waals surface area contributed by atoms with Crippen molar-refractivity contribution in [2.75, 3.05) is 12.4 Å². The third-order valence-corrected chi connectivity index (χ3v) is 3.32. The summed E-state index contributed by atoms with van der Waals surface area (Å²) in [6.07, 6.45) is 5.00. The van der Waals surface area contributed by atoms with Gasteiger partial charge in [0.25, 0.3) is 5.91 Å². The predicted molar refractivity (Wildman–Crippen MR) is 71.8 cm³/mol. The summed E-state index contributed by atoms with van der Waals surface area (Å²) in [5.74, 6) is -0.152. The maximum atomic E-state index is 12.0. The number of aryl methyl sites for hydroxylation is 1. The third-order valence-electron chi connectivity index (χ3n) is 2.40. The van der Waals surface area contributed by atoms with Crippen LogP contribution in [-0.2, 0) is 6.54 Å². The molecule has 18 heavy (non-hydrogen) atoms. The van der Waals surface area contributed by atoms with E-state index in [4.69, 9.17) is 0 Å². The van der Waals surface area contributed by atoms with Gasteiger partial charge >= 0.3 is 0 Å². The first kappa shape index (κ1) is 12.5. The van der Waals surface area contributed by atoms with Gasteiger partial charge in [-0.05, 0) is 13.0 Å². The smallest absolute Gasteiger partial charge is 0.255 e. The normalized spacial score (nSPS) is 10.1. The molecule has 0 aromatic carbocycles. The van der Waals surface area contributed by atoms with Crippen molar-refractivity contribution < 1.29 is 4.79 Å².